The zero-order valence-electron chi connectivity index (χ0n) is 11.4. The van der Waals surface area contributed by atoms with Crippen LogP contribution in [-0.4, -0.2) is 29.6 Å². The second-order valence-corrected chi connectivity index (χ2v) is 4.52. The van der Waals surface area contributed by atoms with E-state index < -0.39 is 0 Å². The molecule has 0 amide bonds. The second kappa shape index (κ2) is 5.75. The van der Waals surface area contributed by atoms with Crippen molar-refractivity contribution in [2.75, 3.05) is 25.6 Å². The van der Waals surface area contributed by atoms with Crippen LogP contribution in [0.25, 0.3) is 16.9 Å². The molecule has 3 rings (SSSR count). The van der Waals surface area contributed by atoms with Crippen LogP contribution < -0.4 is 5.32 Å². The maximum Gasteiger partial charge on any atom is 0.139 e. The van der Waals surface area contributed by atoms with Gasteiger partial charge in [-0.1, -0.05) is 36.4 Å². The van der Waals surface area contributed by atoms with Gasteiger partial charge in [-0.3, -0.25) is 4.40 Å². The largest absolute Gasteiger partial charge is 0.383 e. The summed E-state index contributed by atoms with van der Waals surface area (Å²) in [6, 6.07) is 16.2. The van der Waals surface area contributed by atoms with Gasteiger partial charge in [0.2, 0.25) is 0 Å². The highest BCUT2D eigenvalue weighted by Gasteiger charge is 2.12. The number of imidazole rings is 1. The molecule has 2 heterocycles. The van der Waals surface area contributed by atoms with Crippen LogP contribution >= 0.6 is 0 Å². The Morgan fingerprint density at radius 2 is 1.90 bits per heavy atom. The van der Waals surface area contributed by atoms with E-state index in [1.807, 2.05) is 42.6 Å². The molecule has 4 heteroatoms. The molecule has 0 aliphatic carbocycles. The van der Waals surface area contributed by atoms with Crippen LogP contribution in [0.15, 0.2) is 54.7 Å². The summed E-state index contributed by atoms with van der Waals surface area (Å²) >= 11 is 0. The lowest BCUT2D eigenvalue weighted by atomic mass is 10.1. The standard InChI is InChI=1S/C16H17N3O/c1-20-12-10-17-16-15(13-7-3-2-4-8-13)18-14-9-5-6-11-19(14)16/h2-9,11,17H,10,12H2,1H3. The van der Waals surface area contributed by atoms with E-state index in [0.717, 1.165) is 29.3 Å². The molecule has 1 N–H and O–H groups in total. The number of ether oxygens (including phenoxy) is 1. The van der Waals surface area contributed by atoms with Crippen molar-refractivity contribution in [2.45, 2.75) is 0 Å². The molecule has 0 atom stereocenters. The van der Waals surface area contributed by atoms with Gasteiger partial charge in [-0.05, 0) is 12.1 Å². The summed E-state index contributed by atoms with van der Waals surface area (Å²) in [5.41, 5.74) is 3.01. The Morgan fingerprint density at radius 1 is 1.10 bits per heavy atom. The van der Waals surface area contributed by atoms with E-state index in [9.17, 15) is 0 Å². The topological polar surface area (TPSA) is 38.6 Å². The van der Waals surface area contributed by atoms with Crippen molar-refractivity contribution in [1.82, 2.24) is 9.38 Å². The number of methoxy groups -OCH3 is 1. The van der Waals surface area contributed by atoms with Crippen LogP contribution in [0, 0.1) is 0 Å². The Hall–Kier alpha value is -2.33. The molecule has 0 spiro atoms. The maximum atomic E-state index is 5.11. The zero-order valence-corrected chi connectivity index (χ0v) is 11.4. The molecule has 1 aromatic carbocycles. The number of fused-ring (bicyclic) bond motifs is 1. The number of nitrogens with one attached hydrogen (secondary N) is 1. The summed E-state index contributed by atoms with van der Waals surface area (Å²) in [6.45, 7) is 1.41. The van der Waals surface area contributed by atoms with Crippen molar-refractivity contribution >= 4 is 11.5 Å². The van der Waals surface area contributed by atoms with Crippen LogP contribution in [0.5, 0.6) is 0 Å². The molecule has 0 saturated heterocycles. The van der Waals surface area contributed by atoms with Crippen molar-refractivity contribution in [3.05, 3.63) is 54.7 Å². The fourth-order valence-electron chi connectivity index (χ4n) is 2.23. The molecular formula is C16H17N3O. The van der Waals surface area contributed by atoms with Gasteiger partial charge in [-0.15, -0.1) is 0 Å². The number of rotatable bonds is 5. The first-order valence-electron chi connectivity index (χ1n) is 6.65. The smallest absolute Gasteiger partial charge is 0.139 e. The molecule has 0 unspecified atom stereocenters. The third-order valence-electron chi connectivity index (χ3n) is 3.18. The summed E-state index contributed by atoms with van der Waals surface area (Å²) in [4.78, 5) is 4.72. The Kier molecular flexibility index (Phi) is 3.65. The molecule has 0 fully saturated rings. The lowest BCUT2D eigenvalue weighted by Crippen LogP contribution is -2.09. The molecule has 4 nitrogen and oxygen atoms in total. The Labute approximate surface area is 118 Å². The number of hydrogen-bond donors (Lipinski definition) is 1. The van der Waals surface area contributed by atoms with Gasteiger partial charge in [-0.25, -0.2) is 4.98 Å². The van der Waals surface area contributed by atoms with Gasteiger partial charge in [-0.2, -0.15) is 0 Å². The fraction of sp³-hybridized carbons (Fsp3) is 0.188. The fourth-order valence-corrected chi connectivity index (χ4v) is 2.23. The normalized spacial score (nSPS) is 10.8. The number of aromatic nitrogens is 2. The second-order valence-electron chi connectivity index (χ2n) is 4.52. The predicted molar refractivity (Wildman–Crippen MR) is 81.0 cm³/mol. The first-order valence-corrected chi connectivity index (χ1v) is 6.65. The maximum absolute atomic E-state index is 5.11. The number of pyridine rings is 1. The van der Waals surface area contributed by atoms with Gasteiger partial charge in [0.1, 0.15) is 17.2 Å². The third kappa shape index (κ3) is 2.38. The molecule has 3 aromatic rings. The van der Waals surface area contributed by atoms with Gasteiger partial charge in [0.15, 0.2) is 0 Å². The van der Waals surface area contributed by atoms with Crippen LogP contribution in [0.4, 0.5) is 5.82 Å². The van der Waals surface area contributed by atoms with E-state index in [1.165, 1.54) is 0 Å². The molecule has 102 valence electrons. The third-order valence-corrected chi connectivity index (χ3v) is 3.18. The number of anilines is 1. The van der Waals surface area contributed by atoms with Crippen molar-refractivity contribution < 1.29 is 4.74 Å². The summed E-state index contributed by atoms with van der Waals surface area (Å²) in [5.74, 6) is 1.00. The molecule has 0 saturated carbocycles. The van der Waals surface area contributed by atoms with Gasteiger partial charge in [0.05, 0.1) is 6.61 Å². The molecule has 20 heavy (non-hydrogen) atoms. The van der Waals surface area contributed by atoms with Crippen LogP contribution in [0.2, 0.25) is 0 Å². The molecular weight excluding hydrogens is 250 g/mol. The van der Waals surface area contributed by atoms with E-state index in [2.05, 4.69) is 21.9 Å². The molecule has 2 aromatic heterocycles. The van der Waals surface area contributed by atoms with Crippen LogP contribution in [-0.2, 0) is 4.74 Å². The average molecular weight is 267 g/mol. The SMILES string of the molecule is COCCNc1c(-c2ccccc2)nc2ccccn12. The van der Waals surface area contributed by atoms with E-state index in [4.69, 9.17) is 9.72 Å². The Bertz CT molecular complexity index is 691. The number of hydrogen-bond acceptors (Lipinski definition) is 3. The Balaban J connectivity index is 2.08. The predicted octanol–water partition coefficient (Wildman–Crippen LogP) is 3.06. The zero-order chi connectivity index (χ0) is 13.8. The number of benzene rings is 1. The lowest BCUT2D eigenvalue weighted by Gasteiger charge is -2.08. The minimum atomic E-state index is 0.661. The monoisotopic (exact) mass is 267 g/mol. The molecule has 0 bridgehead atoms. The van der Waals surface area contributed by atoms with Gasteiger partial charge in [0, 0.05) is 25.4 Å². The minimum absolute atomic E-state index is 0.661. The highest BCUT2D eigenvalue weighted by Crippen LogP contribution is 2.28. The molecule has 0 aliphatic rings. The van der Waals surface area contributed by atoms with E-state index >= 15 is 0 Å². The number of nitrogens with zero attached hydrogens (tertiary/aromatic N) is 2. The van der Waals surface area contributed by atoms with Crippen molar-refractivity contribution in [1.29, 1.82) is 0 Å². The van der Waals surface area contributed by atoms with E-state index in [0.29, 0.717) is 6.61 Å². The first-order chi connectivity index (χ1) is 9.90. The summed E-state index contributed by atoms with van der Waals surface area (Å²) in [7, 11) is 1.70. The average Bonchev–Trinajstić information content (AvgIpc) is 2.87. The highest BCUT2D eigenvalue weighted by molar-refractivity contribution is 5.76. The van der Waals surface area contributed by atoms with Crippen LogP contribution in [0.3, 0.4) is 0 Å². The quantitative estimate of drug-likeness (QED) is 0.722. The van der Waals surface area contributed by atoms with Gasteiger partial charge < -0.3 is 10.1 Å². The molecule has 0 aliphatic heterocycles. The summed E-state index contributed by atoms with van der Waals surface area (Å²) in [6.07, 6.45) is 2.02. The van der Waals surface area contributed by atoms with E-state index in [-0.39, 0.29) is 0 Å². The van der Waals surface area contributed by atoms with E-state index in [1.54, 1.807) is 7.11 Å². The van der Waals surface area contributed by atoms with Crippen molar-refractivity contribution in [2.24, 2.45) is 0 Å². The van der Waals surface area contributed by atoms with Crippen molar-refractivity contribution in [3.8, 4) is 11.3 Å². The summed E-state index contributed by atoms with van der Waals surface area (Å²) in [5, 5.41) is 3.41. The van der Waals surface area contributed by atoms with Crippen molar-refractivity contribution in [3.63, 3.8) is 0 Å². The van der Waals surface area contributed by atoms with Gasteiger partial charge >= 0.3 is 0 Å². The Morgan fingerprint density at radius 3 is 2.70 bits per heavy atom. The van der Waals surface area contributed by atoms with Crippen LogP contribution in [0.1, 0.15) is 0 Å². The summed E-state index contributed by atoms with van der Waals surface area (Å²) < 4.78 is 7.17. The van der Waals surface area contributed by atoms with Gasteiger partial charge in [0.25, 0.3) is 0 Å². The molecule has 0 radical (unpaired) electrons. The highest BCUT2D eigenvalue weighted by atomic mass is 16.5. The lowest BCUT2D eigenvalue weighted by molar-refractivity contribution is 0.210. The first kappa shape index (κ1) is 12.7. The minimum Gasteiger partial charge on any atom is -0.383 e.